The van der Waals surface area contributed by atoms with Crippen LogP contribution in [-0.2, 0) is 0 Å². The maximum Gasteiger partial charge on any atom is 0.309 e. The standard InChI is InChI=1S/C28H22Cl3N3O3/c1-17(35)18-4-9-22(10-5-18)33-12-14-34(15-13-33)28(36)27-32-25(23-11-8-21(30)16-24(23)31)26(37-27)19-2-6-20(29)7-3-19/h2-11,16H,12-15H2,1H3. The summed E-state index contributed by atoms with van der Waals surface area (Å²) in [6.45, 7) is 3.84. The zero-order valence-electron chi connectivity index (χ0n) is 19.9. The number of carbonyl (C=O) groups is 2. The quantitative estimate of drug-likeness (QED) is 0.245. The van der Waals surface area contributed by atoms with Crippen molar-refractivity contribution in [2.45, 2.75) is 6.92 Å². The van der Waals surface area contributed by atoms with Crippen LogP contribution in [0, 0.1) is 0 Å². The molecule has 1 amide bonds. The maximum absolute atomic E-state index is 13.4. The van der Waals surface area contributed by atoms with Gasteiger partial charge in [0.1, 0.15) is 5.69 Å². The van der Waals surface area contributed by atoms with Gasteiger partial charge in [-0.25, -0.2) is 4.98 Å². The van der Waals surface area contributed by atoms with Crippen LogP contribution < -0.4 is 4.90 Å². The normalized spacial score (nSPS) is 13.6. The summed E-state index contributed by atoms with van der Waals surface area (Å²) in [6, 6.07) is 19.7. The summed E-state index contributed by atoms with van der Waals surface area (Å²) >= 11 is 18.6. The van der Waals surface area contributed by atoms with Gasteiger partial charge in [0.2, 0.25) is 0 Å². The molecule has 1 fully saturated rings. The Hall–Kier alpha value is -3.32. The summed E-state index contributed by atoms with van der Waals surface area (Å²) in [5, 5.41) is 1.48. The molecule has 6 nitrogen and oxygen atoms in total. The Bertz CT molecular complexity index is 1460. The molecule has 0 bridgehead atoms. The summed E-state index contributed by atoms with van der Waals surface area (Å²) in [6.07, 6.45) is 0. The summed E-state index contributed by atoms with van der Waals surface area (Å²) in [5.74, 6) is 0.155. The molecule has 0 aliphatic carbocycles. The van der Waals surface area contributed by atoms with Crippen molar-refractivity contribution in [1.82, 2.24) is 9.88 Å². The van der Waals surface area contributed by atoms with Crippen molar-refractivity contribution in [1.29, 1.82) is 0 Å². The van der Waals surface area contributed by atoms with E-state index in [-0.39, 0.29) is 17.6 Å². The molecule has 1 aliphatic rings. The average molecular weight is 555 g/mol. The summed E-state index contributed by atoms with van der Waals surface area (Å²) in [7, 11) is 0. The lowest BCUT2D eigenvalue weighted by Crippen LogP contribution is -2.48. The minimum Gasteiger partial charge on any atom is -0.432 e. The van der Waals surface area contributed by atoms with Gasteiger partial charge < -0.3 is 14.2 Å². The van der Waals surface area contributed by atoms with Gasteiger partial charge in [-0.1, -0.05) is 34.8 Å². The second-order valence-corrected chi connectivity index (χ2v) is 9.99. The fraction of sp³-hybridized carbons (Fsp3) is 0.179. The number of amides is 1. The molecule has 0 N–H and O–H groups in total. The van der Waals surface area contributed by atoms with Gasteiger partial charge in [0.05, 0.1) is 5.02 Å². The fourth-order valence-electron chi connectivity index (χ4n) is 4.28. The number of ketones is 1. The Morgan fingerprint density at radius 1 is 0.838 bits per heavy atom. The van der Waals surface area contributed by atoms with Gasteiger partial charge in [0.25, 0.3) is 5.89 Å². The Labute approximate surface area is 229 Å². The summed E-state index contributed by atoms with van der Waals surface area (Å²) in [5.41, 5.74) is 3.47. The highest BCUT2D eigenvalue weighted by molar-refractivity contribution is 6.36. The lowest BCUT2D eigenvalue weighted by atomic mass is 10.1. The second-order valence-electron chi connectivity index (χ2n) is 8.71. The number of aromatic nitrogens is 1. The number of Topliss-reactive ketones (excluding diaryl/α,β-unsaturated/α-hetero) is 1. The fourth-order valence-corrected chi connectivity index (χ4v) is 4.91. The number of rotatable bonds is 5. The van der Waals surface area contributed by atoms with Gasteiger partial charge in [-0.05, 0) is 73.7 Å². The van der Waals surface area contributed by atoms with Gasteiger partial charge in [-0.15, -0.1) is 0 Å². The summed E-state index contributed by atoms with van der Waals surface area (Å²) in [4.78, 5) is 33.5. The van der Waals surface area contributed by atoms with E-state index in [0.29, 0.717) is 63.8 Å². The number of nitrogens with zero attached hydrogens (tertiary/aromatic N) is 3. The van der Waals surface area contributed by atoms with Crippen LogP contribution in [0.5, 0.6) is 0 Å². The highest BCUT2D eigenvalue weighted by Gasteiger charge is 2.29. The molecular weight excluding hydrogens is 533 g/mol. The van der Waals surface area contributed by atoms with Gasteiger partial charge in [-0.2, -0.15) is 0 Å². The van der Waals surface area contributed by atoms with E-state index in [1.807, 2.05) is 24.3 Å². The van der Waals surface area contributed by atoms with Crippen LogP contribution in [0.15, 0.2) is 71.1 Å². The maximum atomic E-state index is 13.4. The third kappa shape index (κ3) is 5.37. The van der Waals surface area contributed by atoms with Gasteiger partial charge in [-0.3, -0.25) is 9.59 Å². The van der Waals surface area contributed by atoms with E-state index in [4.69, 9.17) is 39.2 Å². The lowest BCUT2D eigenvalue weighted by Gasteiger charge is -2.35. The molecule has 0 saturated carbocycles. The van der Waals surface area contributed by atoms with Gasteiger partial charge >= 0.3 is 5.91 Å². The highest BCUT2D eigenvalue weighted by Crippen LogP contribution is 2.38. The SMILES string of the molecule is CC(=O)c1ccc(N2CCN(C(=O)c3nc(-c4ccc(Cl)cc4Cl)c(-c4ccc(Cl)cc4)o3)CC2)cc1. The average Bonchev–Trinajstić information content (AvgIpc) is 3.34. The highest BCUT2D eigenvalue weighted by atomic mass is 35.5. The first-order chi connectivity index (χ1) is 17.8. The molecule has 0 radical (unpaired) electrons. The lowest BCUT2D eigenvalue weighted by molar-refractivity contribution is 0.0707. The monoisotopic (exact) mass is 553 g/mol. The number of hydrogen-bond donors (Lipinski definition) is 0. The van der Waals surface area contributed by atoms with Crippen molar-refractivity contribution in [2.75, 3.05) is 31.1 Å². The topological polar surface area (TPSA) is 66.7 Å². The Balaban J connectivity index is 1.39. The molecule has 3 aromatic carbocycles. The zero-order chi connectivity index (χ0) is 26.1. The third-order valence-corrected chi connectivity index (χ3v) is 7.11. The van der Waals surface area contributed by atoms with Crippen LogP contribution >= 0.6 is 34.8 Å². The van der Waals surface area contributed by atoms with Crippen molar-refractivity contribution in [3.05, 3.63) is 93.3 Å². The van der Waals surface area contributed by atoms with E-state index < -0.39 is 0 Å². The van der Waals surface area contributed by atoms with E-state index in [0.717, 1.165) is 11.3 Å². The Kier molecular flexibility index (Phi) is 7.24. The molecule has 188 valence electrons. The first kappa shape index (κ1) is 25.3. The van der Waals surface area contributed by atoms with Crippen molar-refractivity contribution < 1.29 is 14.0 Å². The molecule has 0 atom stereocenters. The third-order valence-electron chi connectivity index (χ3n) is 6.31. The smallest absolute Gasteiger partial charge is 0.309 e. The van der Waals surface area contributed by atoms with Crippen molar-refractivity contribution in [3.63, 3.8) is 0 Å². The van der Waals surface area contributed by atoms with E-state index in [1.54, 1.807) is 54.3 Å². The van der Waals surface area contributed by atoms with Crippen molar-refractivity contribution >= 4 is 52.2 Å². The second kappa shape index (κ2) is 10.6. The molecule has 1 aromatic heterocycles. The minimum atomic E-state index is -0.293. The van der Waals surface area contributed by atoms with Crippen LogP contribution in [0.4, 0.5) is 5.69 Å². The van der Waals surface area contributed by atoms with E-state index in [1.165, 1.54) is 0 Å². The van der Waals surface area contributed by atoms with Crippen molar-refractivity contribution in [2.24, 2.45) is 0 Å². The molecule has 9 heteroatoms. The van der Waals surface area contributed by atoms with Crippen LogP contribution in [0.2, 0.25) is 15.1 Å². The largest absolute Gasteiger partial charge is 0.432 e. The first-order valence-electron chi connectivity index (χ1n) is 11.7. The van der Waals surface area contributed by atoms with E-state index in [9.17, 15) is 9.59 Å². The van der Waals surface area contributed by atoms with Crippen LogP contribution in [0.1, 0.15) is 28.0 Å². The molecule has 0 spiro atoms. The molecule has 37 heavy (non-hydrogen) atoms. The summed E-state index contributed by atoms with van der Waals surface area (Å²) < 4.78 is 6.06. The number of oxazole rings is 1. The van der Waals surface area contributed by atoms with E-state index >= 15 is 0 Å². The Morgan fingerprint density at radius 2 is 1.49 bits per heavy atom. The Morgan fingerprint density at radius 3 is 2.11 bits per heavy atom. The number of hydrogen-bond acceptors (Lipinski definition) is 5. The predicted octanol–water partition coefficient (Wildman–Crippen LogP) is 7.13. The van der Waals surface area contributed by atoms with Crippen LogP contribution in [0.3, 0.4) is 0 Å². The first-order valence-corrected chi connectivity index (χ1v) is 12.8. The number of halogens is 3. The predicted molar refractivity (Wildman–Crippen MR) is 147 cm³/mol. The molecule has 1 saturated heterocycles. The molecule has 5 rings (SSSR count). The van der Waals surface area contributed by atoms with Gasteiger partial charge in [0, 0.05) is 58.6 Å². The number of anilines is 1. The number of benzene rings is 3. The van der Waals surface area contributed by atoms with Crippen molar-refractivity contribution in [3.8, 4) is 22.6 Å². The van der Waals surface area contributed by atoms with Crippen LogP contribution in [-0.4, -0.2) is 47.8 Å². The molecule has 2 heterocycles. The van der Waals surface area contributed by atoms with Crippen LogP contribution in [0.25, 0.3) is 22.6 Å². The molecule has 0 unspecified atom stereocenters. The molecule has 4 aromatic rings. The minimum absolute atomic E-state index is 0.00905. The van der Waals surface area contributed by atoms with E-state index in [2.05, 4.69) is 9.88 Å². The van der Waals surface area contributed by atoms with Gasteiger partial charge in [0.15, 0.2) is 11.5 Å². The number of piperazine rings is 1. The molecule has 1 aliphatic heterocycles. The number of carbonyl (C=O) groups excluding carboxylic acids is 2. The zero-order valence-corrected chi connectivity index (χ0v) is 22.1. The molecular formula is C28H22Cl3N3O3.